The van der Waals surface area contributed by atoms with E-state index in [4.69, 9.17) is 10.5 Å². The maximum Gasteiger partial charge on any atom is 0.357 e. The highest BCUT2D eigenvalue weighted by atomic mass is 16.5. The van der Waals surface area contributed by atoms with E-state index in [0.29, 0.717) is 17.2 Å². The number of fused-ring (bicyclic) bond motifs is 2. The fraction of sp³-hybridized carbons (Fsp3) is 0.0526. The second-order valence-corrected chi connectivity index (χ2v) is 5.51. The molecule has 4 aromatic rings. The molecular formula is C19H14N4O2. The molecule has 0 fully saturated rings. The number of para-hydroxylation sites is 2. The van der Waals surface area contributed by atoms with Gasteiger partial charge in [-0.25, -0.2) is 19.7 Å². The van der Waals surface area contributed by atoms with E-state index in [1.807, 2.05) is 54.6 Å². The van der Waals surface area contributed by atoms with Gasteiger partial charge in [0.05, 0.1) is 11.0 Å². The number of benzene rings is 2. The third kappa shape index (κ3) is 2.97. The number of hydrogen-bond acceptors (Lipinski definition) is 6. The lowest BCUT2D eigenvalue weighted by atomic mass is 10.2. The van der Waals surface area contributed by atoms with E-state index >= 15 is 0 Å². The topological polar surface area (TPSA) is 91.0 Å². The largest absolute Gasteiger partial charge is 0.453 e. The Balaban J connectivity index is 1.54. The minimum absolute atomic E-state index is 0.0671. The van der Waals surface area contributed by atoms with Gasteiger partial charge in [-0.1, -0.05) is 36.4 Å². The molecule has 0 aliphatic heterocycles. The van der Waals surface area contributed by atoms with Crippen molar-refractivity contribution in [1.82, 2.24) is 15.0 Å². The number of ether oxygens (including phenoxy) is 1. The molecule has 2 N–H and O–H groups in total. The van der Waals surface area contributed by atoms with E-state index in [9.17, 15) is 4.79 Å². The Kier molecular flexibility index (Phi) is 3.70. The lowest BCUT2D eigenvalue weighted by Gasteiger charge is -2.07. The monoisotopic (exact) mass is 330 g/mol. The van der Waals surface area contributed by atoms with Gasteiger partial charge in [-0.3, -0.25) is 0 Å². The molecular weight excluding hydrogens is 316 g/mol. The summed E-state index contributed by atoms with van der Waals surface area (Å²) in [5.41, 5.74) is 7.63. The Bertz CT molecular complexity index is 1090. The minimum Gasteiger partial charge on any atom is -0.453 e. The number of carbonyl (C=O) groups is 1. The second-order valence-electron chi connectivity index (χ2n) is 5.51. The highest BCUT2D eigenvalue weighted by Crippen LogP contribution is 2.18. The van der Waals surface area contributed by atoms with Crippen LogP contribution in [0.3, 0.4) is 0 Å². The number of hydrogen-bond donors (Lipinski definition) is 1. The van der Waals surface area contributed by atoms with Gasteiger partial charge in [0.2, 0.25) is 0 Å². The number of carbonyl (C=O) groups excluding carboxylic acids is 1. The summed E-state index contributed by atoms with van der Waals surface area (Å²) in [5.74, 6) is 0.187. The summed E-state index contributed by atoms with van der Waals surface area (Å²) in [4.78, 5) is 25.1. The van der Waals surface area contributed by atoms with Crippen LogP contribution in [0.2, 0.25) is 0 Å². The highest BCUT2D eigenvalue weighted by molar-refractivity contribution is 5.91. The molecule has 0 aliphatic rings. The van der Waals surface area contributed by atoms with E-state index < -0.39 is 5.97 Å². The number of anilines is 1. The van der Waals surface area contributed by atoms with Crippen LogP contribution in [0.1, 0.15) is 16.3 Å². The van der Waals surface area contributed by atoms with Gasteiger partial charge in [0.1, 0.15) is 11.5 Å². The average molecular weight is 330 g/mol. The molecule has 0 saturated carbocycles. The van der Waals surface area contributed by atoms with E-state index in [-0.39, 0.29) is 12.3 Å². The van der Waals surface area contributed by atoms with Gasteiger partial charge in [-0.15, -0.1) is 0 Å². The van der Waals surface area contributed by atoms with Crippen LogP contribution in [0.5, 0.6) is 0 Å². The van der Waals surface area contributed by atoms with E-state index in [1.54, 1.807) is 6.07 Å². The zero-order chi connectivity index (χ0) is 17.2. The van der Waals surface area contributed by atoms with Gasteiger partial charge in [-0.2, -0.15) is 0 Å². The molecule has 6 nitrogen and oxygen atoms in total. The van der Waals surface area contributed by atoms with E-state index in [0.717, 1.165) is 16.3 Å². The summed E-state index contributed by atoms with van der Waals surface area (Å²) < 4.78 is 5.28. The lowest BCUT2D eigenvalue weighted by molar-refractivity contribution is 0.0456. The van der Waals surface area contributed by atoms with E-state index in [2.05, 4.69) is 15.0 Å². The minimum atomic E-state index is -0.527. The lowest BCUT2D eigenvalue weighted by Crippen LogP contribution is -2.10. The molecule has 0 atom stereocenters. The molecule has 0 unspecified atom stereocenters. The molecule has 4 rings (SSSR count). The zero-order valence-electron chi connectivity index (χ0n) is 13.2. The average Bonchev–Trinajstić information content (AvgIpc) is 2.66. The summed E-state index contributed by atoms with van der Waals surface area (Å²) in [6, 6.07) is 18.5. The highest BCUT2D eigenvalue weighted by Gasteiger charge is 2.12. The van der Waals surface area contributed by atoms with Gasteiger partial charge in [0.15, 0.2) is 12.4 Å². The third-order valence-electron chi connectivity index (χ3n) is 3.82. The summed E-state index contributed by atoms with van der Waals surface area (Å²) in [5, 5.41) is 1.73. The Morgan fingerprint density at radius 2 is 1.64 bits per heavy atom. The predicted octanol–water partition coefficient (Wildman–Crippen LogP) is 3.12. The number of rotatable bonds is 3. The van der Waals surface area contributed by atoms with Crippen molar-refractivity contribution in [3.05, 3.63) is 72.2 Å². The SMILES string of the molecule is Nc1nc(COC(=O)c2ccc3ccccc3n2)nc2ccccc12. The quantitative estimate of drug-likeness (QED) is 0.580. The van der Waals surface area contributed by atoms with Gasteiger partial charge in [0.25, 0.3) is 0 Å². The Labute approximate surface area is 143 Å². The van der Waals surface area contributed by atoms with Crippen LogP contribution in [-0.4, -0.2) is 20.9 Å². The molecule has 6 heteroatoms. The number of pyridine rings is 1. The number of esters is 1. The van der Waals surface area contributed by atoms with Gasteiger partial charge < -0.3 is 10.5 Å². The first-order chi connectivity index (χ1) is 12.2. The predicted molar refractivity (Wildman–Crippen MR) is 94.8 cm³/mol. The van der Waals surface area contributed by atoms with Gasteiger partial charge in [-0.05, 0) is 24.3 Å². The third-order valence-corrected chi connectivity index (χ3v) is 3.82. The molecule has 25 heavy (non-hydrogen) atoms. The van der Waals surface area contributed by atoms with Crippen molar-refractivity contribution >= 4 is 33.6 Å². The van der Waals surface area contributed by atoms with Crippen LogP contribution >= 0.6 is 0 Å². The first-order valence-electron chi connectivity index (χ1n) is 7.75. The van der Waals surface area contributed by atoms with Crippen LogP contribution in [0, 0.1) is 0 Å². The molecule has 0 aliphatic carbocycles. The fourth-order valence-electron chi connectivity index (χ4n) is 2.60. The number of nitrogen functional groups attached to an aromatic ring is 1. The van der Waals surface area contributed by atoms with Gasteiger partial charge >= 0.3 is 5.97 Å². The van der Waals surface area contributed by atoms with Crippen molar-refractivity contribution in [2.24, 2.45) is 0 Å². The summed E-state index contributed by atoms with van der Waals surface area (Å²) in [6.07, 6.45) is 0. The fourth-order valence-corrected chi connectivity index (χ4v) is 2.60. The molecule has 2 heterocycles. The van der Waals surface area contributed by atoms with Crippen molar-refractivity contribution in [2.45, 2.75) is 6.61 Å². The summed E-state index contributed by atoms with van der Waals surface area (Å²) >= 11 is 0. The maximum absolute atomic E-state index is 12.2. The molecule has 2 aromatic carbocycles. The molecule has 0 amide bonds. The summed E-state index contributed by atoms with van der Waals surface area (Å²) in [7, 11) is 0. The van der Waals surface area contributed by atoms with Crippen LogP contribution in [-0.2, 0) is 11.3 Å². The standard InChI is InChI=1S/C19H14N4O2/c20-18-13-6-2-4-8-15(13)22-17(23-18)11-25-19(24)16-10-9-12-5-1-3-7-14(12)21-16/h1-10H,11H2,(H2,20,22,23). The zero-order valence-corrected chi connectivity index (χ0v) is 13.2. The van der Waals surface area contributed by atoms with Crippen molar-refractivity contribution in [3.8, 4) is 0 Å². The van der Waals surface area contributed by atoms with Crippen LogP contribution in [0.25, 0.3) is 21.8 Å². The number of nitrogens with zero attached hydrogens (tertiary/aromatic N) is 3. The van der Waals surface area contributed by atoms with Gasteiger partial charge in [0, 0.05) is 10.8 Å². The van der Waals surface area contributed by atoms with Crippen molar-refractivity contribution in [3.63, 3.8) is 0 Å². The summed E-state index contributed by atoms with van der Waals surface area (Å²) in [6.45, 7) is -0.0671. The molecule has 122 valence electrons. The van der Waals surface area contributed by atoms with Crippen LogP contribution in [0.4, 0.5) is 5.82 Å². The normalized spacial score (nSPS) is 10.9. The van der Waals surface area contributed by atoms with Crippen LogP contribution in [0.15, 0.2) is 60.7 Å². The molecule has 0 saturated heterocycles. The molecule has 0 spiro atoms. The second kappa shape index (κ2) is 6.16. The smallest absolute Gasteiger partial charge is 0.357 e. The molecule has 2 aromatic heterocycles. The van der Waals surface area contributed by atoms with E-state index in [1.165, 1.54) is 0 Å². The van der Waals surface area contributed by atoms with Crippen molar-refractivity contribution in [2.75, 3.05) is 5.73 Å². The Hall–Kier alpha value is -3.54. The number of aromatic nitrogens is 3. The Morgan fingerprint density at radius 3 is 2.52 bits per heavy atom. The Morgan fingerprint density at radius 1 is 0.880 bits per heavy atom. The first-order valence-corrected chi connectivity index (χ1v) is 7.75. The van der Waals surface area contributed by atoms with Crippen molar-refractivity contribution < 1.29 is 9.53 Å². The van der Waals surface area contributed by atoms with Crippen LogP contribution < -0.4 is 5.73 Å². The first kappa shape index (κ1) is 15.0. The maximum atomic E-state index is 12.2. The van der Waals surface area contributed by atoms with Crippen molar-refractivity contribution in [1.29, 1.82) is 0 Å². The molecule has 0 radical (unpaired) electrons. The molecule has 0 bridgehead atoms. The number of nitrogens with two attached hydrogens (primary N) is 1.